The molecule has 0 spiro atoms. The molecule has 0 aliphatic heterocycles. The Labute approximate surface area is 56.8 Å². The third-order valence-corrected chi connectivity index (χ3v) is 1.02. The molecule has 0 fully saturated rings. The van der Waals surface area contributed by atoms with Gasteiger partial charge in [-0.05, 0) is 6.42 Å². The molecular weight excluding hydrogens is 118 g/mol. The van der Waals surface area contributed by atoms with Gasteiger partial charge in [-0.1, -0.05) is 6.92 Å². The largest absolute Gasteiger partial charge is 0.481 e. The van der Waals surface area contributed by atoms with E-state index < -0.39 is 18.3 Å². The lowest BCUT2D eigenvalue weighted by atomic mass is 10.0. The molecule has 0 aromatic heterocycles. The molecule has 0 rings (SSSR count). The third kappa shape index (κ3) is 2.70. The Morgan fingerprint density at radius 3 is 3.22 bits per heavy atom. The molecular formula is C6H9NO2. The van der Waals surface area contributed by atoms with Crippen molar-refractivity contribution in [2.75, 3.05) is 0 Å². The van der Waals surface area contributed by atoms with Crippen molar-refractivity contribution >= 4 is 5.97 Å². The number of nitriles is 1. The van der Waals surface area contributed by atoms with Crippen LogP contribution in [0, 0.1) is 17.2 Å². The van der Waals surface area contributed by atoms with E-state index in [0.717, 1.165) is 0 Å². The van der Waals surface area contributed by atoms with Crippen LogP contribution in [0.1, 0.15) is 21.1 Å². The zero-order valence-corrected chi connectivity index (χ0v) is 5.13. The van der Waals surface area contributed by atoms with Crippen LogP contribution in [-0.2, 0) is 4.79 Å². The molecule has 0 aliphatic carbocycles. The van der Waals surface area contributed by atoms with Gasteiger partial charge in [0.2, 0.25) is 0 Å². The highest BCUT2D eigenvalue weighted by atomic mass is 16.4. The number of carboxylic acid groups (broad SMARTS) is 1. The van der Waals surface area contributed by atoms with Crippen LogP contribution in [0.5, 0.6) is 0 Å². The molecule has 0 aromatic carbocycles. The van der Waals surface area contributed by atoms with Crippen molar-refractivity contribution in [3.8, 4) is 6.07 Å². The number of nitrogens with zero attached hydrogens (tertiary/aromatic N) is 1. The maximum atomic E-state index is 10.7. The summed E-state index contributed by atoms with van der Waals surface area (Å²) >= 11 is 0. The van der Waals surface area contributed by atoms with Gasteiger partial charge in [0.05, 0.1) is 12.0 Å². The fourth-order valence-corrected chi connectivity index (χ4v) is 0.443. The summed E-state index contributed by atoms with van der Waals surface area (Å²) in [6.07, 6.45) is -0.780. The SMILES string of the molecule is [2H]OC(=O)C(CC)C([2H])C#N. The summed E-state index contributed by atoms with van der Waals surface area (Å²) in [7, 11) is 0. The minimum absolute atomic E-state index is 0.347. The first-order valence-electron chi connectivity index (χ1n) is 3.64. The van der Waals surface area contributed by atoms with Crippen LogP contribution in [-0.4, -0.2) is 11.1 Å². The average Bonchev–Trinajstić information content (AvgIpc) is 2.05. The average molecular weight is 129 g/mol. The van der Waals surface area contributed by atoms with Crippen LogP contribution < -0.4 is 0 Å². The van der Waals surface area contributed by atoms with E-state index in [-0.39, 0.29) is 0 Å². The zero-order valence-electron chi connectivity index (χ0n) is 7.13. The Balaban J connectivity index is 4.18. The Bertz CT molecular complexity index is 178. The van der Waals surface area contributed by atoms with Gasteiger partial charge in [0.15, 0.2) is 0 Å². The second-order valence-electron chi connectivity index (χ2n) is 1.63. The van der Waals surface area contributed by atoms with Crippen molar-refractivity contribution < 1.29 is 11.3 Å². The Hall–Kier alpha value is -1.04. The molecule has 0 amide bonds. The van der Waals surface area contributed by atoms with Crippen molar-refractivity contribution in [3.63, 3.8) is 0 Å². The van der Waals surface area contributed by atoms with Crippen LogP contribution in [0.25, 0.3) is 1.43 Å². The zero-order chi connectivity index (χ0) is 8.85. The van der Waals surface area contributed by atoms with Gasteiger partial charge in [0, 0.05) is 7.77 Å². The minimum atomic E-state index is -1.13. The highest BCUT2D eigenvalue weighted by Gasteiger charge is 2.12. The predicted octanol–water partition coefficient (Wildman–Crippen LogP) is 1.01. The fraction of sp³-hybridized carbons (Fsp3) is 0.667. The molecule has 1 N–H and O–H groups in total. The predicted molar refractivity (Wildman–Crippen MR) is 31.6 cm³/mol. The number of aliphatic carboxylic acids is 1. The van der Waals surface area contributed by atoms with E-state index in [1.807, 2.05) is 0 Å². The van der Waals surface area contributed by atoms with E-state index in [1.54, 1.807) is 13.0 Å². The summed E-state index contributed by atoms with van der Waals surface area (Å²) in [5.74, 6) is -1.61. The summed E-state index contributed by atoms with van der Waals surface area (Å²) in [6, 6.07) is 1.61. The Morgan fingerprint density at radius 2 is 2.89 bits per heavy atom. The molecule has 9 heavy (non-hydrogen) atoms. The van der Waals surface area contributed by atoms with Crippen LogP contribution in [0.3, 0.4) is 0 Å². The second-order valence-corrected chi connectivity index (χ2v) is 1.63. The van der Waals surface area contributed by atoms with Crippen LogP contribution in [0.4, 0.5) is 0 Å². The summed E-state index contributed by atoms with van der Waals surface area (Å²) in [6.45, 7) is 1.67. The van der Waals surface area contributed by atoms with Gasteiger partial charge in [-0.15, -0.1) is 0 Å². The smallest absolute Gasteiger partial charge is 0.307 e. The highest BCUT2D eigenvalue weighted by molar-refractivity contribution is 5.70. The molecule has 2 unspecified atom stereocenters. The summed E-state index contributed by atoms with van der Waals surface area (Å²) in [4.78, 5) is 10.7. The van der Waals surface area contributed by atoms with Gasteiger partial charge in [-0.25, -0.2) is 0 Å². The second kappa shape index (κ2) is 3.90. The normalized spacial score (nSPS) is 18.2. The molecule has 50 valence electrons. The Morgan fingerprint density at radius 1 is 2.22 bits per heavy atom. The van der Waals surface area contributed by atoms with E-state index in [0.29, 0.717) is 6.42 Å². The van der Waals surface area contributed by atoms with E-state index in [4.69, 9.17) is 8.06 Å². The van der Waals surface area contributed by atoms with E-state index in [1.165, 1.54) is 0 Å². The molecule has 3 nitrogen and oxygen atoms in total. The van der Waals surface area contributed by atoms with Gasteiger partial charge >= 0.3 is 5.97 Å². The monoisotopic (exact) mass is 129 g/mol. The standard InChI is InChI=1S/C6H9NO2/c1-2-5(3-4-7)6(8)9/h5H,2-3H2,1H3,(H,8,9)/i3D/hD. The minimum Gasteiger partial charge on any atom is -0.481 e. The first kappa shape index (κ1) is 4.80. The van der Waals surface area contributed by atoms with Gasteiger partial charge in [-0.2, -0.15) is 5.26 Å². The topological polar surface area (TPSA) is 61.1 Å². The highest BCUT2D eigenvalue weighted by Crippen LogP contribution is 2.05. The first-order valence-corrected chi connectivity index (χ1v) is 2.66. The van der Waals surface area contributed by atoms with E-state index >= 15 is 0 Å². The number of hydrogen-bond acceptors (Lipinski definition) is 3. The fourth-order valence-electron chi connectivity index (χ4n) is 0.443. The van der Waals surface area contributed by atoms with E-state index in [2.05, 4.69) is 5.11 Å². The van der Waals surface area contributed by atoms with Crippen molar-refractivity contribution in [1.29, 1.82) is 6.69 Å². The summed E-state index contributed by atoms with van der Waals surface area (Å²) < 4.78 is 13.3. The molecule has 0 saturated heterocycles. The quantitative estimate of drug-likeness (QED) is 0.618. The van der Waals surface area contributed by atoms with Gasteiger partial charge in [-0.3, -0.25) is 4.79 Å². The lowest BCUT2D eigenvalue weighted by Gasteiger charge is -2.00. The molecule has 0 aliphatic rings. The number of carbonyl (C=O) groups is 1. The van der Waals surface area contributed by atoms with Crippen LogP contribution in [0.15, 0.2) is 0 Å². The molecule has 3 heteroatoms. The van der Waals surface area contributed by atoms with Crippen molar-refractivity contribution in [3.05, 3.63) is 0 Å². The Kier molecular flexibility index (Phi) is 2.08. The first-order chi connectivity index (χ1) is 5.17. The molecule has 0 saturated carbocycles. The van der Waals surface area contributed by atoms with Gasteiger partial charge < -0.3 is 5.11 Å². The maximum Gasteiger partial charge on any atom is 0.307 e. The lowest BCUT2D eigenvalue weighted by Crippen LogP contribution is -2.11. The van der Waals surface area contributed by atoms with Gasteiger partial charge in [0.1, 0.15) is 0 Å². The number of hydrogen-bond donors (Lipinski definition) is 1. The van der Waals surface area contributed by atoms with Crippen LogP contribution in [0.2, 0.25) is 0 Å². The van der Waals surface area contributed by atoms with Crippen molar-refractivity contribution in [1.82, 2.24) is 0 Å². The molecule has 0 heterocycles. The number of carboxylic acids is 1. The van der Waals surface area contributed by atoms with Crippen LogP contribution >= 0.6 is 0 Å². The molecule has 0 aromatic rings. The van der Waals surface area contributed by atoms with E-state index in [9.17, 15) is 4.79 Å². The molecule has 2 atom stereocenters. The van der Waals surface area contributed by atoms with Crippen molar-refractivity contribution in [2.45, 2.75) is 19.7 Å². The van der Waals surface area contributed by atoms with Gasteiger partial charge in [0.25, 0.3) is 1.43 Å². The molecule has 0 bridgehead atoms. The lowest BCUT2D eigenvalue weighted by molar-refractivity contribution is -0.141. The molecule has 0 radical (unpaired) electrons. The van der Waals surface area contributed by atoms with Crippen molar-refractivity contribution in [2.24, 2.45) is 5.92 Å². The maximum absolute atomic E-state index is 10.7. The summed E-state index contributed by atoms with van der Waals surface area (Å²) in [5, 5.41) is 11.9. The number of rotatable bonds is 3. The third-order valence-electron chi connectivity index (χ3n) is 1.02. The summed E-state index contributed by atoms with van der Waals surface area (Å²) in [5.41, 5.74) is 0.